The van der Waals surface area contributed by atoms with Crippen LogP contribution in [0, 0.1) is 11.8 Å². The van der Waals surface area contributed by atoms with Gasteiger partial charge in [-0.05, 0) is 44.2 Å². The Morgan fingerprint density at radius 1 is 1.25 bits per heavy atom. The molecule has 1 N–H and O–H groups in total. The van der Waals surface area contributed by atoms with E-state index in [1.54, 1.807) is 0 Å². The molecule has 2 fully saturated rings. The van der Waals surface area contributed by atoms with Gasteiger partial charge in [0.1, 0.15) is 0 Å². The summed E-state index contributed by atoms with van der Waals surface area (Å²) in [6.07, 6.45) is 5.47. The molecule has 0 spiro atoms. The SMILES string of the molecule is CCC1CCN(C2CC2CC)CC(C)CN1. The molecule has 1 aliphatic carbocycles. The Labute approximate surface area is 101 Å². The molecule has 2 aliphatic rings. The molecule has 0 radical (unpaired) electrons. The molecular formula is C14H28N2. The van der Waals surface area contributed by atoms with Gasteiger partial charge in [-0.3, -0.25) is 4.90 Å². The minimum atomic E-state index is 0.754. The van der Waals surface area contributed by atoms with Gasteiger partial charge in [0.15, 0.2) is 0 Å². The Bertz CT molecular complexity index is 217. The molecule has 4 atom stereocenters. The topological polar surface area (TPSA) is 15.3 Å². The molecule has 2 rings (SSSR count). The predicted octanol–water partition coefficient (Wildman–Crippen LogP) is 2.49. The zero-order valence-electron chi connectivity index (χ0n) is 11.2. The molecule has 0 amide bonds. The summed E-state index contributed by atoms with van der Waals surface area (Å²) in [6, 6.07) is 1.69. The molecule has 16 heavy (non-hydrogen) atoms. The maximum Gasteiger partial charge on any atom is 0.0127 e. The van der Waals surface area contributed by atoms with Crippen LogP contribution in [0.2, 0.25) is 0 Å². The molecule has 0 aromatic carbocycles. The van der Waals surface area contributed by atoms with Gasteiger partial charge in [0, 0.05) is 18.6 Å². The van der Waals surface area contributed by atoms with Crippen molar-refractivity contribution in [3.8, 4) is 0 Å². The maximum atomic E-state index is 3.70. The fraction of sp³-hybridized carbons (Fsp3) is 1.00. The highest BCUT2D eigenvalue weighted by Crippen LogP contribution is 2.38. The second kappa shape index (κ2) is 5.50. The lowest BCUT2D eigenvalue weighted by atomic mass is 10.0. The number of nitrogens with one attached hydrogen (secondary N) is 1. The van der Waals surface area contributed by atoms with E-state index < -0.39 is 0 Å². The normalized spacial score (nSPS) is 41.4. The molecule has 4 unspecified atom stereocenters. The highest BCUT2D eigenvalue weighted by Gasteiger charge is 2.40. The van der Waals surface area contributed by atoms with Gasteiger partial charge in [-0.25, -0.2) is 0 Å². The van der Waals surface area contributed by atoms with Crippen molar-refractivity contribution in [2.75, 3.05) is 19.6 Å². The van der Waals surface area contributed by atoms with E-state index in [0.717, 1.165) is 23.9 Å². The van der Waals surface area contributed by atoms with Crippen LogP contribution >= 0.6 is 0 Å². The zero-order valence-corrected chi connectivity index (χ0v) is 11.2. The molecule has 1 aliphatic heterocycles. The van der Waals surface area contributed by atoms with Crippen molar-refractivity contribution in [3.63, 3.8) is 0 Å². The van der Waals surface area contributed by atoms with E-state index in [9.17, 15) is 0 Å². The van der Waals surface area contributed by atoms with Crippen LogP contribution in [0.5, 0.6) is 0 Å². The standard InChI is InChI=1S/C14H28N2/c1-4-12-8-14(12)16-7-6-13(5-2)15-9-11(3)10-16/h11-15H,4-10H2,1-3H3. The quantitative estimate of drug-likeness (QED) is 0.792. The van der Waals surface area contributed by atoms with E-state index in [1.165, 1.54) is 45.3 Å². The predicted molar refractivity (Wildman–Crippen MR) is 69.6 cm³/mol. The van der Waals surface area contributed by atoms with Crippen LogP contribution in [0.4, 0.5) is 0 Å². The minimum absolute atomic E-state index is 0.754. The summed E-state index contributed by atoms with van der Waals surface area (Å²) in [7, 11) is 0. The first-order valence-electron chi connectivity index (χ1n) is 7.22. The Morgan fingerprint density at radius 2 is 2.06 bits per heavy atom. The van der Waals surface area contributed by atoms with Crippen LogP contribution in [-0.2, 0) is 0 Å². The van der Waals surface area contributed by atoms with Crippen molar-refractivity contribution in [2.45, 2.75) is 58.5 Å². The van der Waals surface area contributed by atoms with Crippen LogP contribution in [0.1, 0.15) is 46.5 Å². The zero-order chi connectivity index (χ0) is 11.5. The summed E-state index contributed by atoms with van der Waals surface area (Å²) in [5.41, 5.74) is 0. The second-order valence-corrected chi connectivity index (χ2v) is 5.87. The number of rotatable bonds is 3. The lowest BCUT2D eigenvalue weighted by Gasteiger charge is -2.32. The van der Waals surface area contributed by atoms with E-state index in [2.05, 4.69) is 31.0 Å². The number of nitrogens with zero attached hydrogens (tertiary/aromatic N) is 1. The van der Waals surface area contributed by atoms with Gasteiger partial charge in [0.25, 0.3) is 0 Å². The summed E-state index contributed by atoms with van der Waals surface area (Å²) in [4.78, 5) is 2.78. The van der Waals surface area contributed by atoms with E-state index in [-0.39, 0.29) is 0 Å². The Kier molecular flexibility index (Phi) is 4.26. The third kappa shape index (κ3) is 2.98. The third-order valence-electron chi connectivity index (χ3n) is 4.44. The monoisotopic (exact) mass is 224 g/mol. The van der Waals surface area contributed by atoms with E-state index >= 15 is 0 Å². The molecular weight excluding hydrogens is 196 g/mol. The van der Waals surface area contributed by atoms with Crippen molar-refractivity contribution in [3.05, 3.63) is 0 Å². The van der Waals surface area contributed by atoms with E-state index in [0.29, 0.717) is 0 Å². The fourth-order valence-corrected chi connectivity index (χ4v) is 3.11. The van der Waals surface area contributed by atoms with Crippen LogP contribution in [-0.4, -0.2) is 36.6 Å². The van der Waals surface area contributed by atoms with Crippen molar-refractivity contribution in [1.82, 2.24) is 10.2 Å². The van der Waals surface area contributed by atoms with Crippen molar-refractivity contribution >= 4 is 0 Å². The molecule has 0 bridgehead atoms. The molecule has 1 heterocycles. The van der Waals surface area contributed by atoms with Crippen LogP contribution < -0.4 is 5.32 Å². The van der Waals surface area contributed by atoms with Gasteiger partial charge in [-0.1, -0.05) is 27.2 Å². The lowest BCUT2D eigenvalue weighted by molar-refractivity contribution is 0.181. The molecule has 0 aromatic rings. The van der Waals surface area contributed by atoms with Crippen molar-refractivity contribution in [2.24, 2.45) is 11.8 Å². The first-order valence-corrected chi connectivity index (χ1v) is 7.22. The minimum Gasteiger partial charge on any atom is -0.314 e. The first kappa shape index (κ1) is 12.4. The van der Waals surface area contributed by atoms with Crippen LogP contribution in [0.3, 0.4) is 0 Å². The van der Waals surface area contributed by atoms with Gasteiger partial charge in [0.05, 0.1) is 0 Å². The highest BCUT2D eigenvalue weighted by atomic mass is 15.2. The molecule has 1 saturated carbocycles. The Hall–Kier alpha value is -0.0800. The Balaban J connectivity index is 1.87. The smallest absolute Gasteiger partial charge is 0.0127 e. The van der Waals surface area contributed by atoms with Gasteiger partial charge < -0.3 is 5.32 Å². The second-order valence-electron chi connectivity index (χ2n) is 5.87. The average molecular weight is 224 g/mol. The van der Waals surface area contributed by atoms with Gasteiger partial charge in [-0.2, -0.15) is 0 Å². The molecule has 2 heteroatoms. The largest absolute Gasteiger partial charge is 0.314 e. The fourth-order valence-electron chi connectivity index (χ4n) is 3.11. The van der Waals surface area contributed by atoms with E-state index in [4.69, 9.17) is 0 Å². The number of hydrogen-bond acceptors (Lipinski definition) is 2. The molecule has 2 nitrogen and oxygen atoms in total. The van der Waals surface area contributed by atoms with Crippen molar-refractivity contribution in [1.29, 1.82) is 0 Å². The summed E-state index contributed by atoms with van der Waals surface area (Å²) < 4.78 is 0. The number of hydrogen-bond donors (Lipinski definition) is 1. The molecule has 1 saturated heterocycles. The van der Waals surface area contributed by atoms with Crippen LogP contribution in [0.25, 0.3) is 0 Å². The average Bonchev–Trinajstić information content (AvgIpc) is 3.03. The molecule has 94 valence electrons. The van der Waals surface area contributed by atoms with Gasteiger partial charge in [0.2, 0.25) is 0 Å². The van der Waals surface area contributed by atoms with Crippen molar-refractivity contribution < 1.29 is 0 Å². The summed E-state index contributed by atoms with van der Waals surface area (Å²) in [5.74, 6) is 1.83. The summed E-state index contributed by atoms with van der Waals surface area (Å²) in [5, 5.41) is 3.70. The summed E-state index contributed by atoms with van der Waals surface area (Å²) >= 11 is 0. The Morgan fingerprint density at radius 3 is 2.69 bits per heavy atom. The lowest BCUT2D eigenvalue weighted by Crippen LogP contribution is -2.44. The molecule has 0 aromatic heterocycles. The highest BCUT2D eigenvalue weighted by molar-refractivity contribution is 4.95. The van der Waals surface area contributed by atoms with Gasteiger partial charge >= 0.3 is 0 Å². The summed E-state index contributed by atoms with van der Waals surface area (Å²) in [6.45, 7) is 10.9. The van der Waals surface area contributed by atoms with E-state index in [1.807, 2.05) is 0 Å². The first-order chi connectivity index (χ1) is 7.74. The third-order valence-corrected chi connectivity index (χ3v) is 4.44. The maximum absolute atomic E-state index is 3.70. The van der Waals surface area contributed by atoms with Crippen LogP contribution in [0.15, 0.2) is 0 Å². The van der Waals surface area contributed by atoms with Gasteiger partial charge in [-0.15, -0.1) is 0 Å².